The Labute approximate surface area is 304 Å². The summed E-state index contributed by atoms with van der Waals surface area (Å²) in [5.41, 5.74) is -4.74. The maximum Gasteiger partial charge on any atom is 0.302 e. The fourth-order valence-electron chi connectivity index (χ4n) is 10.7. The predicted molar refractivity (Wildman–Crippen MR) is 127 cm³/mol. The number of hydrogen-bond donors (Lipinski definition) is 4. The van der Waals surface area contributed by atoms with E-state index in [0.717, 1.165) is 5.56 Å². The van der Waals surface area contributed by atoms with E-state index in [4.69, 9.17) is 18.6 Å². The van der Waals surface area contributed by atoms with Crippen LogP contribution < -0.4 is 0 Å². The van der Waals surface area contributed by atoms with E-state index < -0.39 is 81.6 Å². The average molecular weight is 987 g/mol. The molecule has 40 heavy (non-hydrogen) atoms. The van der Waals surface area contributed by atoms with Gasteiger partial charge in [-0.05, 0) is 30.4 Å². The van der Waals surface area contributed by atoms with E-state index in [0.29, 0.717) is 6.42 Å². The van der Waals surface area contributed by atoms with Gasteiger partial charge in [0, 0.05) is 130 Å². The van der Waals surface area contributed by atoms with E-state index in [1.54, 1.807) is 19.5 Å². The molecular formula is C28H36Ac2O10. The predicted octanol–water partition coefficient (Wildman–Crippen LogP) is 0.895. The molecule has 2 bridgehead atoms. The van der Waals surface area contributed by atoms with Crippen molar-refractivity contribution in [2.75, 3.05) is 6.61 Å². The summed E-state index contributed by atoms with van der Waals surface area (Å²) >= 11 is 0. The van der Waals surface area contributed by atoms with Crippen molar-refractivity contribution < 1.29 is 137 Å². The van der Waals surface area contributed by atoms with Crippen molar-refractivity contribution in [2.24, 2.45) is 33.5 Å². The molecule has 6 aliphatic rings. The van der Waals surface area contributed by atoms with Crippen LogP contribution in [-0.2, 0) is 23.8 Å². The fourth-order valence-corrected chi connectivity index (χ4v) is 10.7. The average Bonchev–Trinajstić information content (AvgIpc) is 3.22. The second-order valence-corrected chi connectivity index (χ2v) is 13.3. The van der Waals surface area contributed by atoms with Crippen LogP contribution >= 0.6 is 0 Å². The molecule has 4 N–H and O–H groups in total. The maximum absolute atomic E-state index is 14.5. The Morgan fingerprint density at radius 3 is 2.35 bits per heavy atom. The van der Waals surface area contributed by atoms with Crippen molar-refractivity contribution in [1.29, 1.82) is 0 Å². The van der Waals surface area contributed by atoms with Crippen molar-refractivity contribution in [3.05, 3.63) is 24.2 Å². The second-order valence-electron chi connectivity index (χ2n) is 13.3. The summed E-state index contributed by atoms with van der Waals surface area (Å²) in [6, 6.07) is 1.84. The van der Waals surface area contributed by atoms with E-state index >= 15 is 0 Å². The van der Waals surface area contributed by atoms with Crippen LogP contribution in [0.15, 0.2) is 23.0 Å². The Morgan fingerprint density at radius 2 is 1.73 bits per heavy atom. The molecule has 4 aliphatic carbocycles. The molecule has 3 heterocycles. The first kappa shape index (κ1) is 32.5. The number of Topliss-reactive ketones (excluding diaryl/α,β-unsaturated/α-hetero) is 1. The van der Waals surface area contributed by atoms with Crippen molar-refractivity contribution in [3.63, 3.8) is 0 Å². The molecule has 12 heteroatoms. The summed E-state index contributed by atoms with van der Waals surface area (Å²) in [6.45, 7) is 6.61. The molecule has 1 spiro atoms. The van der Waals surface area contributed by atoms with Gasteiger partial charge in [0.1, 0.15) is 17.8 Å². The number of fused-ring (bicyclic) bond motifs is 1. The van der Waals surface area contributed by atoms with Gasteiger partial charge in [0.15, 0.2) is 12.1 Å². The van der Waals surface area contributed by atoms with Crippen molar-refractivity contribution in [1.82, 2.24) is 0 Å². The van der Waals surface area contributed by atoms with Gasteiger partial charge in [-0.3, -0.25) is 9.59 Å². The van der Waals surface area contributed by atoms with E-state index in [-0.39, 0.29) is 120 Å². The van der Waals surface area contributed by atoms with Crippen LogP contribution in [0.25, 0.3) is 0 Å². The number of epoxide rings is 1. The minimum atomic E-state index is -1.43. The molecule has 14 atom stereocenters. The topological polar surface area (TPSA) is 159 Å². The standard InChI is InChI=1S/C28H36O10.2Ac/c1-12(29)37-18-9-17(31)27-11-36-23(34)24(18,2)15(27)8-16(30)26(4)21(27)20(32)22(33)25(3)14(13-5-6-35-10-13)7-19-28(25,26)38-19;;/h5-6,10,14-19,21-23,30-31,33-34H,7-9,11H2,1-4H3;;. The molecule has 14 unspecified atom stereocenters. The molecule has 1 aromatic heterocycles. The molecule has 4 saturated carbocycles. The molecule has 2 radical (unpaired) electrons. The van der Waals surface area contributed by atoms with Gasteiger partial charge in [0.2, 0.25) is 0 Å². The third kappa shape index (κ3) is 3.40. The normalized spacial score (nSPS) is 55.4. The molecule has 0 aromatic carbocycles. The monoisotopic (exact) mass is 986 g/mol. The maximum atomic E-state index is 14.5. The summed E-state index contributed by atoms with van der Waals surface area (Å²) in [7, 11) is 0. The molecule has 214 valence electrons. The molecular weight excluding hydrogens is 950 g/mol. The zero-order valence-corrected chi connectivity index (χ0v) is 32.6. The molecule has 10 nitrogen and oxygen atoms in total. The van der Waals surface area contributed by atoms with Gasteiger partial charge in [0.05, 0.1) is 42.9 Å². The van der Waals surface area contributed by atoms with Crippen LogP contribution in [0.4, 0.5) is 0 Å². The minimum absolute atomic E-state index is 0. The Bertz CT molecular complexity index is 1210. The Kier molecular flexibility index (Phi) is 8.14. The largest absolute Gasteiger partial charge is 0.472 e. The molecule has 1 aromatic rings. The number of aliphatic hydroxyl groups is 4. The molecule has 2 saturated heterocycles. The second kappa shape index (κ2) is 10.0. The SMILES string of the molecule is CC(=O)OC1CC(O)C23COC(O)C1(C)C2CC(O)C1(C)C3C(=O)C(O)C2(C)C(c3ccoc3)CC3OC321.[Ac].[Ac]. The first-order valence-corrected chi connectivity index (χ1v) is 13.6. The van der Waals surface area contributed by atoms with Gasteiger partial charge in [0.25, 0.3) is 0 Å². The van der Waals surface area contributed by atoms with Gasteiger partial charge < -0.3 is 39.1 Å². The third-order valence-corrected chi connectivity index (χ3v) is 12.3. The summed E-state index contributed by atoms with van der Waals surface area (Å²) in [6.07, 6.45) is -2.21. The smallest absolute Gasteiger partial charge is 0.302 e. The first-order chi connectivity index (χ1) is 17.8. The first-order valence-electron chi connectivity index (χ1n) is 13.6. The Hall–Kier alpha value is 1.06. The van der Waals surface area contributed by atoms with Gasteiger partial charge in [-0.1, -0.05) is 20.8 Å². The van der Waals surface area contributed by atoms with Crippen molar-refractivity contribution in [2.45, 2.75) is 95.3 Å². The van der Waals surface area contributed by atoms with Crippen LogP contribution in [0, 0.1) is 122 Å². The van der Waals surface area contributed by atoms with E-state index in [1.807, 2.05) is 19.9 Å². The Morgan fingerprint density at radius 1 is 1.02 bits per heavy atom. The number of hydrogen-bond acceptors (Lipinski definition) is 10. The van der Waals surface area contributed by atoms with Crippen LogP contribution in [0.1, 0.15) is 58.4 Å². The van der Waals surface area contributed by atoms with Crippen molar-refractivity contribution in [3.8, 4) is 0 Å². The summed E-state index contributed by atoms with van der Waals surface area (Å²) in [4.78, 5) is 26.5. The van der Waals surface area contributed by atoms with Crippen molar-refractivity contribution >= 4 is 11.8 Å². The summed E-state index contributed by atoms with van der Waals surface area (Å²) < 4.78 is 23.3. The van der Waals surface area contributed by atoms with Crippen LogP contribution in [0.3, 0.4) is 0 Å². The number of furan rings is 1. The molecule has 2 aliphatic heterocycles. The number of rotatable bonds is 2. The minimum Gasteiger partial charge on any atom is -0.472 e. The van der Waals surface area contributed by atoms with Crippen LogP contribution in [0.5, 0.6) is 0 Å². The number of ether oxygens (including phenoxy) is 3. The van der Waals surface area contributed by atoms with Crippen LogP contribution in [-0.4, -0.2) is 81.2 Å². The van der Waals surface area contributed by atoms with Gasteiger partial charge in [-0.2, -0.15) is 0 Å². The molecule has 0 amide bonds. The number of ketones is 1. The van der Waals surface area contributed by atoms with Gasteiger partial charge in [-0.15, -0.1) is 0 Å². The van der Waals surface area contributed by atoms with Gasteiger partial charge >= 0.3 is 5.97 Å². The summed E-state index contributed by atoms with van der Waals surface area (Å²) in [5.74, 6) is -2.88. The number of carbonyl (C=O) groups is 2. The van der Waals surface area contributed by atoms with E-state index in [1.165, 1.54) is 6.92 Å². The zero-order valence-electron chi connectivity index (χ0n) is 23.1. The van der Waals surface area contributed by atoms with E-state index in [9.17, 15) is 30.0 Å². The number of aliphatic hydroxyl groups excluding tert-OH is 4. The van der Waals surface area contributed by atoms with Crippen LogP contribution in [0.2, 0.25) is 0 Å². The zero-order chi connectivity index (χ0) is 27.2. The molecule has 7 rings (SSSR count). The third-order valence-electron chi connectivity index (χ3n) is 12.3. The fraction of sp³-hybridized carbons (Fsp3) is 0.786. The number of carbonyl (C=O) groups excluding carboxylic acids is 2. The Balaban J connectivity index is 0.00000161. The summed E-state index contributed by atoms with van der Waals surface area (Å²) in [5, 5.41) is 46.8. The quantitative estimate of drug-likeness (QED) is 0.248. The van der Waals surface area contributed by atoms with E-state index in [2.05, 4.69) is 0 Å². The number of esters is 1. The molecule has 6 fully saturated rings. The van der Waals surface area contributed by atoms with Gasteiger partial charge in [-0.25, -0.2) is 0 Å².